The average molecular weight is 675 g/mol. The van der Waals surface area contributed by atoms with Crippen LogP contribution in [-0.2, 0) is 19.1 Å². The molecule has 0 bridgehead atoms. The lowest BCUT2D eigenvalue weighted by molar-refractivity contribution is -0.230. The van der Waals surface area contributed by atoms with Gasteiger partial charge in [-0.05, 0) is 86.9 Å². The van der Waals surface area contributed by atoms with Crippen molar-refractivity contribution < 1.29 is 37.8 Å². The molecule has 1 aromatic rings. The van der Waals surface area contributed by atoms with Crippen molar-refractivity contribution in [1.82, 2.24) is 0 Å². The number of allylic oxidation sites excluding steroid dienone is 4. The smallest absolute Gasteiger partial charge is 0.309 e. The van der Waals surface area contributed by atoms with E-state index in [1.807, 2.05) is 0 Å². The van der Waals surface area contributed by atoms with Gasteiger partial charge in [-0.3, -0.25) is 19.2 Å². The molecular formula is C36H41ClF2O6S. The lowest BCUT2D eigenvalue weighted by atomic mass is 9.44. The molecule has 0 spiro atoms. The molecule has 0 unspecified atom stereocenters. The number of fused-ring (bicyclic) bond motifs is 5. The van der Waals surface area contributed by atoms with Gasteiger partial charge in [0, 0.05) is 33.3 Å². The SMILES string of the molecule is C[C@@H]1C[C@H]2[C@@H]3C[C@H](F)C4=CC(=O)C=C[C@]4(C)[C@@]3(F)[C@@H](O)C[C@]2(C)[C@@]1(OC(=O)C1CCCCC1)C(=O)SCC(=O)c1ccc(Cl)cc1. The summed E-state index contributed by atoms with van der Waals surface area (Å²) in [4.78, 5) is 53.8. The van der Waals surface area contributed by atoms with E-state index in [1.54, 1.807) is 38.1 Å². The quantitative estimate of drug-likeness (QED) is 0.252. The first-order valence-electron chi connectivity index (χ1n) is 16.3. The summed E-state index contributed by atoms with van der Waals surface area (Å²) in [6, 6.07) is 6.34. The van der Waals surface area contributed by atoms with Crippen molar-refractivity contribution in [3.63, 3.8) is 0 Å². The van der Waals surface area contributed by atoms with E-state index in [1.165, 1.54) is 19.1 Å². The van der Waals surface area contributed by atoms with Gasteiger partial charge in [-0.15, -0.1) is 0 Å². The third-order valence-electron chi connectivity index (χ3n) is 12.2. The van der Waals surface area contributed by atoms with E-state index in [-0.39, 0.29) is 42.3 Å². The zero-order chi connectivity index (χ0) is 33.2. The molecule has 4 fully saturated rings. The summed E-state index contributed by atoms with van der Waals surface area (Å²) in [6.45, 7) is 5.09. The molecule has 9 atom stereocenters. The standard InChI is InChI=1S/C36H41ClF2O6S/c1-20-15-25-26-17-28(38)27-16-24(40)13-14-33(27,2)35(26,39)30(42)18-34(25,3)36(20,45-31(43)22-7-5-4-6-8-22)32(44)46-19-29(41)21-9-11-23(37)12-10-21/h9-14,16,20,22,25-26,28,30,42H,4-8,15,17-19H2,1-3H3/t20-,25+,26+,28+,30+,33+,34+,35+,36+/m1/s1. The van der Waals surface area contributed by atoms with Crippen molar-refractivity contribution in [3.05, 3.63) is 58.7 Å². The summed E-state index contributed by atoms with van der Waals surface area (Å²) in [5, 5.41) is 11.8. The van der Waals surface area contributed by atoms with E-state index in [0.717, 1.165) is 37.1 Å². The summed E-state index contributed by atoms with van der Waals surface area (Å²) in [7, 11) is 0. The molecule has 10 heteroatoms. The number of carbonyl (C=O) groups excluding carboxylic acids is 4. The molecule has 0 amide bonds. The highest BCUT2D eigenvalue weighted by Crippen LogP contribution is 2.72. The Labute approximate surface area is 277 Å². The fraction of sp³-hybridized carbons (Fsp3) is 0.611. The Morgan fingerprint density at radius 1 is 1.07 bits per heavy atom. The summed E-state index contributed by atoms with van der Waals surface area (Å²) in [5.41, 5.74) is -6.53. The predicted molar refractivity (Wildman–Crippen MR) is 172 cm³/mol. The van der Waals surface area contributed by atoms with Gasteiger partial charge in [-0.25, -0.2) is 8.78 Å². The van der Waals surface area contributed by atoms with Crippen molar-refractivity contribution in [2.24, 2.45) is 34.5 Å². The van der Waals surface area contributed by atoms with Gasteiger partial charge in [-0.1, -0.05) is 62.5 Å². The number of carbonyl (C=O) groups is 4. The van der Waals surface area contributed by atoms with Gasteiger partial charge >= 0.3 is 5.97 Å². The predicted octanol–water partition coefficient (Wildman–Crippen LogP) is 7.21. The minimum atomic E-state index is -2.33. The van der Waals surface area contributed by atoms with Gasteiger partial charge in [0.1, 0.15) is 6.17 Å². The number of ketones is 2. The van der Waals surface area contributed by atoms with Crippen LogP contribution in [-0.4, -0.2) is 57.1 Å². The maximum atomic E-state index is 17.8. The van der Waals surface area contributed by atoms with E-state index < -0.39 is 69.0 Å². The van der Waals surface area contributed by atoms with Crippen LogP contribution >= 0.6 is 23.4 Å². The number of halogens is 3. The molecule has 248 valence electrons. The number of hydrogen-bond donors (Lipinski definition) is 1. The van der Waals surface area contributed by atoms with Gasteiger partial charge in [0.25, 0.3) is 0 Å². The molecule has 5 aliphatic rings. The van der Waals surface area contributed by atoms with Crippen LogP contribution < -0.4 is 0 Å². The Morgan fingerprint density at radius 2 is 1.74 bits per heavy atom. The average Bonchev–Trinajstić information content (AvgIpc) is 3.25. The molecule has 0 aromatic heterocycles. The third-order valence-corrected chi connectivity index (χ3v) is 13.4. The number of ether oxygens (including phenoxy) is 1. The minimum Gasteiger partial charge on any atom is -0.449 e. The molecule has 46 heavy (non-hydrogen) atoms. The number of esters is 1. The molecule has 0 heterocycles. The van der Waals surface area contributed by atoms with Crippen molar-refractivity contribution in [3.8, 4) is 0 Å². The van der Waals surface area contributed by atoms with Crippen molar-refractivity contribution in [1.29, 1.82) is 0 Å². The Bertz CT molecular complexity index is 1510. The van der Waals surface area contributed by atoms with Crippen LogP contribution in [0.3, 0.4) is 0 Å². The highest BCUT2D eigenvalue weighted by Gasteiger charge is 2.78. The molecule has 6 nitrogen and oxygen atoms in total. The first kappa shape index (κ1) is 33.5. The second-order valence-electron chi connectivity index (χ2n) is 14.5. The molecule has 1 N–H and O–H groups in total. The number of rotatable bonds is 6. The fourth-order valence-corrected chi connectivity index (χ4v) is 11.0. The summed E-state index contributed by atoms with van der Waals surface area (Å²) < 4.78 is 40.2. The Hall–Kier alpha value is -2.36. The van der Waals surface area contributed by atoms with E-state index in [0.29, 0.717) is 23.4 Å². The zero-order valence-corrected chi connectivity index (χ0v) is 28.0. The van der Waals surface area contributed by atoms with E-state index in [2.05, 4.69) is 0 Å². The fourth-order valence-electron chi connectivity index (χ4n) is 9.76. The van der Waals surface area contributed by atoms with Crippen molar-refractivity contribution in [2.75, 3.05) is 5.75 Å². The van der Waals surface area contributed by atoms with Gasteiger partial charge in [-0.2, -0.15) is 0 Å². The summed E-state index contributed by atoms with van der Waals surface area (Å²) in [6.07, 6.45) is 4.29. The molecule has 6 rings (SSSR count). The van der Waals surface area contributed by atoms with Gasteiger partial charge in [0.2, 0.25) is 5.12 Å². The van der Waals surface area contributed by atoms with E-state index >= 15 is 8.78 Å². The highest BCUT2D eigenvalue weighted by molar-refractivity contribution is 8.14. The second-order valence-corrected chi connectivity index (χ2v) is 15.9. The Morgan fingerprint density at radius 3 is 2.41 bits per heavy atom. The molecular weight excluding hydrogens is 634 g/mol. The number of hydrogen-bond acceptors (Lipinski definition) is 7. The largest absolute Gasteiger partial charge is 0.449 e. The van der Waals surface area contributed by atoms with Crippen LogP contribution in [0.15, 0.2) is 48.1 Å². The normalized spacial score (nSPS) is 40.4. The van der Waals surface area contributed by atoms with E-state index in [9.17, 15) is 24.3 Å². The van der Waals surface area contributed by atoms with Crippen molar-refractivity contribution in [2.45, 2.75) is 95.7 Å². The Balaban J connectivity index is 1.39. The monoisotopic (exact) mass is 674 g/mol. The molecule has 4 saturated carbocycles. The third kappa shape index (κ3) is 4.89. The topological polar surface area (TPSA) is 97.7 Å². The van der Waals surface area contributed by atoms with Gasteiger partial charge in [0.05, 0.1) is 17.8 Å². The molecule has 5 aliphatic carbocycles. The maximum absolute atomic E-state index is 17.8. The number of thioether (sulfide) groups is 1. The number of Topliss-reactive ketones (excluding diaryl/α,β-unsaturated/α-hetero) is 1. The van der Waals surface area contributed by atoms with Crippen LogP contribution in [0.4, 0.5) is 8.78 Å². The summed E-state index contributed by atoms with van der Waals surface area (Å²) in [5.74, 6) is -4.07. The lowest BCUT2D eigenvalue weighted by Gasteiger charge is -2.63. The van der Waals surface area contributed by atoms with Crippen LogP contribution in [0.2, 0.25) is 5.02 Å². The summed E-state index contributed by atoms with van der Waals surface area (Å²) >= 11 is 6.75. The number of alkyl halides is 2. The minimum absolute atomic E-state index is 0.0229. The van der Waals surface area contributed by atoms with Gasteiger partial charge in [0.15, 0.2) is 22.8 Å². The van der Waals surface area contributed by atoms with Gasteiger partial charge < -0.3 is 9.84 Å². The lowest BCUT2D eigenvalue weighted by Crippen LogP contribution is -2.70. The van der Waals surface area contributed by atoms with Crippen molar-refractivity contribution >= 4 is 46.0 Å². The van der Waals surface area contributed by atoms with Crippen LogP contribution in [0.5, 0.6) is 0 Å². The number of aliphatic hydroxyl groups excluding tert-OH is 1. The first-order valence-corrected chi connectivity index (χ1v) is 17.7. The van der Waals surface area contributed by atoms with Crippen LogP contribution in [0.1, 0.15) is 82.5 Å². The maximum Gasteiger partial charge on any atom is 0.309 e. The molecule has 0 aliphatic heterocycles. The van der Waals surface area contributed by atoms with E-state index in [4.69, 9.17) is 16.3 Å². The number of aliphatic hydroxyl groups is 1. The second kappa shape index (κ2) is 12.0. The number of benzene rings is 1. The molecule has 0 radical (unpaired) electrons. The molecule has 0 saturated heterocycles. The zero-order valence-electron chi connectivity index (χ0n) is 26.4. The molecule has 1 aromatic carbocycles. The first-order chi connectivity index (χ1) is 21.7. The van der Waals surface area contributed by atoms with Crippen LogP contribution in [0.25, 0.3) is 0 Å². The Kier molecular flexibility index (Phi) is 8.72. The van der Waals surface area contributed by atoms with Crippen LogP contribution in [0, 0.1) is 34.5 Å². The highest BCUT2D eigenvalue weighted by atomic mass is 35.5.